The maximum absolute atomic E-state index is 13.2. The van der Waals surface area contributed by atoms with Crippen molar-refractivity contribution in [3.05, 3.63) is 86.2 Å². The van der Waals surface area contributed by atoms with Crippen molar-refractivity contribution >= 4 is 28.9 Å². The predicted molar refractivity (Wildman–Crippen MR) is 123 cm³/mol. The van der Waals surface area contributed by atoms with Gasteiger partial charge >= 0.3 is 0 Å². The molecule has 4 rings (SSSR count). The molecule has 3 aromatic rings. The molecule has 2 aromatic carbocycles. The Morgan fingerprint density at radius 2 is 1.66 bits per heavy atom. The Bertz CT molecular complexity index is 1130. The first-order valence-corrected chi connectivity index (χ1v) is 10.8. The second kappa shape index (κ2) is 9.00. The topological polar surface area (TPSA) is 84.5 Å². The Balaban J connectivity index is 1.43. The summed E-state index contributed by atoms with van der Waals surface area (Å²) in [5.41, 5.74) is 4.28. The molecule has 1 saturated heterocycles. The molecular weight excluding hydrogens is 430 g/mol. The minimum atomic E-state index is -0.411. The van der Waals surface area contributed by atoms with Crippen LogP contribution in [-0.2, 0) is 6.54 Å². The van der Waals surface area contributed by atoms with Crippen LogP contribution in [0.1, 0.15) is 27.2 Å². The Labute approximate surface area is 191 Å². The number of rotatable bonds is 5. The van der Waals surface area contributed by atoms with Crippen LogP contribution < -0.4 is 4.90 Å². The van der Waals surface area contributed by atoms with Gasteiger partial charge in [0.15, 0.2) is 0 Å². The van der Waals surface area contributed by atoms with E-state index in [9.17, 15) is 14.9 Å². The fraction of sp³-hybridized carbons (Fsp3) is 0.304. The molecule has 0 saturated carbocycles. The van der Waals surface area contributed by atoms with Crippen molar-refractivity contribution in [3.63, 3.8) is 0 Å². The van der Waals surface area contributed by atoms with Gasteiger partial charge in [-0.2, -0.15) is 5.10 Å². The number of amides is 1. The van der Waals surface area contributed by atoms with Gasteiger partial charge < -0.3 is 9.80 Å². The molecule has 0 bridgehead atoms. The molecule has 1 amide bonds. The number of aromatic nitrogens is 2. The molecule has 0 radical (unpaired) electrons. The first-order chi connectivity index (χ1) is 15.3. The van der Waals surface area contributed by atoms with Crippen LogP contribution in [0.2, 0.25) is 5.15 Å². The van der Waals surface area contributed by atoms with Crippen LogP contribution in [0, 0.1) is 24.0 Å². The van der Waals surface area contributed by atoms with Crippen molar-refractivity contribution in [1.82, 2.24) is 14.7 Å². The standard InChI is InChI=1S/C23H24ClN5O3/c1-16-3-5-18(6-4-16)15-28-22(24)21(17(2)25-28)23(30)27-13-11-26(12-14-27)19-7-9-20(10-8-19)29(31)32/h3-10H,11-15H2,1-2H3. The molecule has 0 atom stereocenters. The van der Waals surface area contributed by atoms with Crippen molar-refractivity contribution in [2.24, 2.45) is 0 Å². The Kier molecular flexibility index (Phi) is 6.14. The van der Waals surface area contributed by atoms with Gasteiger partial charge in [-0.1, -0.05) is 41.4 Å². The largest absolute Gasteiger partial charge is 0.368 e. The van der Waals surface area contributed by atoms with Gasteiger partial charge in [0.1, 0.15) is 5.15 Å². The summed E-state index contributed by atoms with van der Waals surface area (Å²) in [7, 11) is 0. The minimum Gasteiger partial charge on any atom is -0.368 e. The van der Waals surface area contributed by atoms with Gasteiger partial charge in [-0.25, -0.2) is 4.68 Å². The summed E-state index contributed by atoms with van der Waals surface area (Å²) in [6, 6.07) is 14.6. The SMILES string of the molecule is Cc1ccc(Cn2nc(C)c(C(=O)N3CCN(c4ccc([N+](=O)[O-])cc4)CC3)c2Cl)cc1. The van der Waals surface area contributed by atoms with Crippen molar-refractivity contribution in [3.8, 4) is 0 Å². The number of nitrogens with zero attached hydrogens (tertiary/aromatic N) is 5. The van der Waals surface area contributed by atoms with E-state index in [4.69, 9.17) is 11.6 Å². The minimum absolute atomic E-state index is 0.0651. The zero-order valence-electron chi connectivity index (χ0n) is 18.0. The first kappa shape index (κ1) is 21.8. The van der Waals surface area contributed by atoms with E-state index in [1.165, 1.54) is 17.7 Å². The molecule has 1 fully saturated rings. The van der Waals surface area contributed by atoms with Gasteiger partial charge in [0.25, 0.3) is 11.6 Å². The molecule has 0 aliphatic carbocycles. The highest BCUT2D eigenvalue weighted by molar-refractivity contribution is 6.33. The second-order valence-electron chi connectivity index (χ2n) is 7.95. The summed E-state index contributed by atoms with van der Waals surface area (Å²) in [5, 5.41) is 15.7. The molecule has 1 aromatic heterocycles. The summed E-state index contributed by atoms with van der Waals surface area (Å²) in [4.78, 5) is 27.5. The van der Waals surface area contributed by atoms with Crippen molar-refractivity contribution < 1.29 is 9.72 Å². The number of anilines is 1. The second-order valence-corrected chi connectivity index (χ2v) is 8.31. The molecule has 1 aliphatic heterocycles. The Morgan fingerprint density at radius 1 is 1.03 bits per heavy atom. The number of halogens is 1. The Morgan fingerprint density at radius 3 is 2.25 bits per heavy atom. The fourth-order valence-corrected chi connectivity index (χ4v) is 4.19. The average molecular weight is 454 g/mol. The number of carbonyl (C=O) groups excluding carboxylic acids is 1. The van der Waals surface area contributed by atoms with Gasteiger partial charge in [0.05, 0.1) is 22.7 Å². The molecule has 2 heterocycles. The lowest BCUT2D eigenvalue weighted by molar-refractivity contribution is -0.384. The lowest BCUT2D eigenvalue weighted by Crippen LogP contribution is -2.49. The molecule has 32 heavy (non-hydrogen) atoms. The normalized spacial score (nSPS) is 14.0. The van der Waals surface area contributed by atoms with E-state index in [-0.39, 0.29) is 11.6 Å². The van der Waals surface area contributed by atoms with E-state index >= 15 is 0 Å². The number of benzene rings is 2. The Hall–Kier alpha value is -3.39. The third-order valence-corrected chi connectivity index (χ3v) is 6.11. The molecule has 166 valence electrons. The summed E-state index contributed by atoms with van der Waals surface area (Å²) < 4.78 is 1.67. The smallest absolute Gasteiger partial charge is 0.269 e. The molecule has 0 unspecified atom stereocenters. The summed E-state index contributed by atoms with van der Waals surface area (Å²) in [5.74, 6) is -0.119. The van der Waals surface area contributed by atoms with Gasteiger partial charge in [-0.3, -0.25) is 14.9 Å². The summed E-state index contributed by atoms with van der Waals surface area (Å²) in [6.07, 6.45) is 0. The zero-order valence-corrected chi connectivity index (χ0v) is 18.7. The van der Waals surface area contributed by atoms with E-state index in [1.807, 2.05) is 31.2 Å². The molecule has 8 nitrogen and oxygen atoms in total. The number of hydrogen-bond donors (Lipinski definition) is 0. The number of non-ortho nitro benzene ring substituents is 1. The van der Waals surface area contributed by atoms with E-state index in [0.717, 1.165) is 11.3 Å². The van der Waals surface area contributed by atoms with Crippen LogP contribution in [-0.4, -0.2) is 51.7 Å². The van der Waals surface area contributed by atoms with Crippen LogP contribution in [0.25, 0.3) is 0 Å². The zero-order chi connectivity index (χ0) is 22.8. The van der Waals surface area contributed by atoms with E-state index in [1.54, 1.807) is 28.6 Å². The first-order valence-electron chi connectivity index (χ1n) is 10.4. The number of nitro groups is 1. The van der Waals surface area contributed by atoms with Gasteiger partial charge in [0.2, 0.25) is 0 Å². The number of carbonyl (C=O) groups is 1. The van der Waals surface area contributed by atoms with Gasteiger partial charge in [-0.15, -0.1) is 0 Å². The molecule has 9 heteroatoms. The molecule has 0 spiro atoms. The molecule has 1 aliphatic rings. The monoisotopic (exact) mass is 453 g/mol. The van der Waals surface area contributed by atoms with Gasteiger partial charge in [-0.05, 0) is 31.5 Å². The highest BCUT2D eigenvalue weighted by Gasteiger charge is 2.28. The molecular formula is C23H24ClN5O3. The van der Waals surface area contributed by atoms with Crippen LogP contribution in [0.4, 0.5) is 11.4 Å². The lowest BCUT2D eigenvalue weighted by Gasteiger charge is -2.36. The van der Waals surface area contributed by atoms with Gasteiger partial charge in [0, 0.05) is 44.0 Å². The lowest BCUT2D eigenvalue weighted by atomic mass is 10.1. The maximum atomic E-state index is 13.2. The molecule has 0 N–H and O–H groups in total. The average Bonchev–Trinajstić information content (AvgIpc) is 3.07. The van der Waals surface area contributed by atoms with E-state index in [0.29, 0.717) is 49.1 Å². The van der Waals surface area contributed by atoms with E-state index < -0.39 is 4.92 Å². The number of nitro benzene ring substituents is 1. The van der Waals surface area contributed by atoms with Crippen LogP contribution in [0.5, 0.6) is 0 Å². The fourth-order valence-electron chi connectivity index (χ4n) is 3.88. The number of hydrogen-bond acceptors (Lipinski definition) is 5. The highest BCUT2D eigenvalue weighted by atomic mass is 35.5. The summed E-state index contributed by atoms with van der Waals surface area (Å²) >= 11 is 6.58. The number of aryl methyl sites for hydroxylation is 2. The quantitative estimate of drug-likeness (QED) is 0.429. The maximum Gasteiger partial charge on any atom is 0.269 e. The van der Waals surface area contributed by atoms with Crippen LogP contribution in [0.15, 0.2) is 48.5 Å². The van der Waals surface area contributed by atoms with Crippen molar-refractivity contribution in [1.29, 1.82) is 0 Å². The van der Waals surface area contributed by atoms with E-state index in [2.05, 4.69) is 10.00 Å². The van der Waals surface area contributed by atoms with Crippen molar-refractivity contribution in [2.75, 3.05) is 31.1 Å². The third kappa shape index (κ3) is 4.45. The van der Waals surface area contributed by atoms with Crippen LogP contribution >= 0.6 is 11.6 Å². The predicted octanol–water partition coefficient (Wildman–Crippen LogP) is 4.07. The van der Waals surface area contributed by atoms with Crippen molar-refractivity contribution in [2.45, 2.75) is 20.4 Å². The summed E-state index contributed by atoms with van der Waals surface area (Å²) in [6.45, 7) is 6.69. The van der Waals surface area contributed by atoms with Crippen LogP contribution in [0.3, 0.4) is 0 Å². The number of piperazine rings is 1. The highest BCUT2D eigenvalue weighted by Crippen LogP contribution is 2.25. The third-order valence-electron chi connectivity index (χ3n) is 5.72.